The molecule has 0 aliphatic heterocycles. The Kier molecular flexibility index (Phi) is 8.56. The van der Waals surface area contributed by atoms with Crippen molar-refractivity contribution < 1.29 is 4.65 Å². The van der Waals surface area contributed by atoms with Crippen LogP contribution in [-0.2, 0) is 6.54 Å². The molecule has 1 rings (SSSR count). The van der Waals surface area contributed by atoms with Crippen molar-refractivity contribution in [2.24, 2.45) is 0 Å². The molecule has 0 N–H and O–H groups in total. The summed E-state index contributed by atoms with van der Waals surface area (Å²) in [5.74, 6) is 0. The van der Waals surface area contributed by atoms with Gasteiger partial charge in [0.05, 0.1) is 13.6 Å². The Bertz CT molecular complexity index is 335. The SMILES string of the molecule is CCCCCCCCCC[N+](C)([O-])Cc1ccccc1. The predicted octanol–water partition coefficient (Wildman–Crippen LogP) is 5.27. The minimum absolute atomic E-state index is 0.139. The number of quaternary nitrogens is 1. The monoisotopic (exact) mass is 277 g/mol. The van der Waals surface area contributed by atoms with Gasteiger partial charge in [-0.15, -0.1) is 0 Å². The Morgan fingerprint density at radius 2 is 1.40 bits per heavy atom. The van der Waals surface area contributed by atoms with Gasteiger partial charge in [0.1, 0.15) is 6.54 Å². The predicted molar refractivity (Wildman–Crippen MR) is 87.2 cm³/mol. The molecule has 1 aromatic carbocycles. The molecule has 2 nitrogen and oxygen atoms in total. The van der Waals surface area contributed by atoms with E-state index in [4.69, 9.17) is 0 Å². The van der Waals surface area contributed by atoms with Crippen molar-refractivity contribution in [1.29, 1.82) is 0 Å². The van der Waals surface area contributed by atoms with Gasteiger partial charge in [-0.25, -0.2) is 0 Å². The Morgan fingerprint density at radius 3 is 2.00 bits per heavy atom. The molecule has 0 bridgehead atoms. The van der Waals surface area contributed by atoms with Crippen LogP contribution in [0.3, 0.4) is 0 Å². The highest BCUT2D eigenvalue weighted by atomic mass is 16.5. The molecule has 1 aromatic rings. The molecule has 0 heterocycles. The molecule has 0 radical (unpaired) electrons. The van der Waals surface area contributed by atoms with Crippen LogP contribution in [0.1, 0.15) is 63.9 Å². The summed E-state index contributed by atoms with van der Waals surface area (Å²) in [5.41, 5.74) is 1.14. The molecule has 0 fully saturated rings. The van der Waals surface area contributed by atoms with Crippen molar-refractivity contribution in [3.05, 3.63) is 41.1 Å². The summed E-state index contributed by atoms with van der Waals surface area (Å²) in [6.07, 6.45) is 10.3. The molecular formula is C18H31NO. The van der Waals surface area contributed by atoms with E-state index in [0.717, 1.165) is 18.5 Å². The van der Waals surface area contributed by atoms with Crippen LogP contribution in [0.2, 0.25) is 0 Å². The fourth-order valence-corrected chi connectivity index (χ4v) is 2.63. The van der Waals surface area contributed by atoms with Gasteiger partial charge < -0.3 is 9.85 Å². The van der Waals surface area contributed by atoms with E-state index in [2.05, 4.69) is 6.92 Å². The van der Waals surface area contributed by atoms with Gasteiger partial charge in [0.2, 0.25) is 0 Å². The van der Waals surface area contributed by atoms with Crippen LogP contribution in [0.15, 0.2) is 30.3 Å². The van der Waals surface area contributed by atoms with Gasteiger partial charge >= 0.3 is 0 Å². The standard InChI is InChI=1S/C18H31NO/c1-3-4-5-6-7-8-9-13-16-19(2,20)17-18-14-11-10-12-15-18/h10-12,14-15H,3-9,13,16-17H2,1-2H3. The Labute approximate surface area is 125 Å². The lowest BCUT2D eigenvalue weighted by Crippen LogP contribution is -2.37. The number of rotatable bonds is 11. The van der Waals surface area contributed by atoms with Gasteiger partial charge in [0.25, 0.3) is 0 Å². The summed E-state index contributed by atoms with van der Waals surface area (Å²) in [4.78, 5) is 0. The summed E-state index contributed by atoms with van der Waals surface area (Å²) in [7, 11) is 1.80. The fourth-order valence-electron chi connectivity index (χ4n) is 2.63. The molecule has 1 atom stereocenters. The van der Waals surface area contributed by atoms with Crippen LogP contribution in [-0.4, -0.2) is 18.2 Å². The molecular weight excluding hydrogens is 246 g/mol. The van der Waals surface area contributed by atoms with Crippen LogP contribution < -0.4 is 0 Å². The number of hydrogen-bond acceptors (Lipinski definition) is 1. The van der Waals surface area contributed by atoms with E-state index in [1.165, 1.54) is 44.9 Å². The molecule has 1 unspecified atom stereocenters. The molecule has 0 amide bonds. The van der Waals surface area contributed by atoms with Crippen molar-refractivity contribution in [3.8, 4) is 0 Å². The lowest BCUT2D eigenvalue weighted by atomic mass is 10.1. The summed E-state index contributed by atoms with van der Waals surface area (Å²) >= 11 is 0. The maximum absolute atomic E-state index is 12.4. The second kappa shape index (κ2) is 9.95. The Hall–Kier alpha value is -0.860. The third kappa shape index (κ3) is 8.34. The van der Waals surface area contributed by atoms with Crippen molar-refractivity contribution in [2.45, 2.75) is 64.8 Å². The first-order chi connectivity index (χ1) is 9.64. The Morgan fingerprint density at radius 1 is 0.850 bits per heavy atom. The summed E-state index contributed by atoms with van der Waals surface area (Å²) < 4.78 is -0.139. The molecule has 0 aliphatic carbocycles. The molecule has 0 aromatic heterocycles. The molecule has 114 valence electrons. The molecule has 0 saturated carbocycles. The quantitative estimate of drug-likeness (QED) is 0.307. The minimum Gasteiger partial charge on any atom is -0.633 e. The third-order valence-corrected chi connectivity index (χ3v) is 3.84. The average molecular weight is 277 g/mol. The van der Waals surface area contributed by atoms with Gasteiger partial charge in [-0.05, 0) is 12.8 Å². The van der Waals surface area contributed by atoms with E-state index in [1.54, 1.807) is 7.05 Å². The van der Waals surface area contributed by atoms with Crippen molar-refractivity contribution in [3.63, 3.8) is 0 Å². The maximum atomic E-state index is 12.4. The Balaban J connectivity index is 2.08. The zero-order chi connectivity index (χ0) is 14.7. The zero-order valence-corrected chi connectivity index (χ0v) is 13.3. The van der Waals surface area contributed by atoms with Gasteiger partial charge in [-0.3, -0.25) is 0 Å². The number of benzene rings is 1. The topological polar surface area (TPSA) is 23.1 Å². The van der Waals surface area contributed by atoms with E-state index in [9.17, 15) is 5.21 Å². The highest BCUT2D eigenvalue weighted by Gasteiger charge is 2.10. The van der Waals surface area contributed by atoms with E-state index in [1.807, 2.05) is 30.3 Å². The molecule has 0 saturated heterocycles. The summed E-state index contributed by atoms with van der Waals surface area (Å²) in [6.45, 7) is 3.58. The average Bonchev–Trinajstić information content (AvgIpc) is 2.42. The first kappa shape index (κ1) is 17.2. The largest absolute Gasteiger partial charge is 0.633 e. The van der Waals surface area contributed by atoms with Gasteiger partial charge in [0, 0.05) is 5.56 Å². The summed E-state index contributed by atoms with van der Waals surface area (Å²) in [6, 6.07) is 10.1. The second-order valence-electron chi connectivity index (χ2n) is 6.14. The molecule has 0 spiro atoms. The van der Waals surface area contributed by atoms with Crippen LogP contribution in [0, 0.1) is 5.21 Å². The zero-order valence-electron chi connectivity index (χ0n) is 13.3. The summed E-state index contributed by atoms with van der Waals surface area (Å²) in [5, 5.41) is 12.4. The smallest absolute Gasteiger partial charge is 0.104 e. The van der Waals surface area contributed by atoms with Gasteiger partial charge in [-0.2, -0.15) is 0 Å². The van der Waals surface area contributed by atoms with E-state index in [-0.39, 0.29) is 4.65 Å². The lowest BCUT2D eigenvalue weighted by Gasteiger charge is -2.38. The highest BCUT2D eigenvalue weighted by molar-refractivity contribution is 5.13. The van der Waals surface area contributed by atoms with Crippen LogP contribution in [0.4, 0.5) is 0 Å². The lowest BCUT2D eigenvalue weighted by molar-refractivity contribution is -0.874. The number of nitrogens with zero attached hydrogens (tertiary/aromatic N) is 1. The molecule has 20 heavy (non-hydrogen) atoms. The van der Waals surface area contributed by atoms with E-state index >= 15 is 0 Å². The van der Waals surface area contributed by atoms with Gasteiger partial charge in [-0.1, -0.05) is 75.8 Å². The highest BCUT2D eigenvalue weighted by Crippen LogP contribution is 2.14. The van der Waals surface area contributed by atoms with E-state index in [0.29, 0.717) is 6.54 Å². The normalized spacial score (nSPS) is 14.2. The van der Waals surface area contributed by atoms with E-state index < -0.39 is 0 Å². The van der Waals surface area contributed by atoms with Gasteiger partial charge in [0.15, 0.2) is 0 Å². The third-order valence-electron chi connectivity index (χ3n) is 3.84. The van der Waals surface area contributed by atoms with Crippen LogP contribution in [0.25, 0.3) is 0 Å². The number of unbranched alkanes of at least 4 members (excludes halogenated alkanes) is 7. The first-order valence-electron chi connectivity index (χ1n) is 8.23. The maximum Gasteiger partial charge on any atom is 0.104 e. The first-order valence-corrected chi connectivity index (χ1v) is 8.23. The van der Waals surface area contributed by atoms with Crippen LogP contribution in [0.5, 0.6) is 0 Å². The number of hydroxylamine groups is 3. The van der Waals surface area contributed by atoms with Crippen molar-refractivity contribution in [1.82, 2.24) is 0 Å². The van der Waals surface area contributed by atoms with Crippen LogP contribution >= 0.6 is 0 Å². The second-order valence-corrected chi connectivity index (χ2v) is 6.14. The number of hydrogen-bond donors (Lipinski definition) is 0. The molecule has 0 aliphatic rings. The molecule has 2 heteroatoms. The van der Waals surface area contributed by atoms with Crippen molar-refractivity contribution >= 4 is 0 Å². The van der Waals surface area contributed by atoms with Crippen molar-refractivity contribution in [2.75, 3.05) is 13.6 Å². The fraction of sp³-hybridized carbons (Fsp3) is 0.667. The minimum atomic E-state index is -0.139.